The van der Waals surface area contributed by atoms with Crippen LogP contribution in [0.5, 0.6) is 0 Å². The predicted octanol–water partition coefficient (Wildman–Crippen LogP) is 1.86. The Labute approximate surface area is 116 Å². The van der Waals surface area contributed by atoms with E-state index in [1.54, 1.807) is 16.8 Å². The molecule has 1 unspecified atom stereocenters. The van der Waals surface area contributed by atoms with Gasteiger partial charge in [-0.15, -0.1) is 0 Å². The highest BCUT2D eigenvalue weighted by atomic mass is 35.5. The average Bonchev–Trinajstić information content (AvgIpc) is 2.90. The first kappa shape index (κ1) is 12.7. The zero-order valence-electron chi connectivity index (χ0n) is 10.9. The second-order valence-electron chi connectivity index (χ2n) is 5.17. The van der Waals surface area contributed by atoms with E-state index in [9.17, 15) is 4.79 Å². The SMILES string of the molecule is CN1CCCC1CCn1c(=O)[nH]c2ncc(Cl)cc21. The molecule has 0 bridgehead atoms. The maximum atomic E-state index is 11.9. The van der Waals surface area contributed by atoms with E-state index in [0.29, 0.717) is 23.3 Å². The van der Waals surface area contributed by atoms with E-state index in [2.05, 4.69) is 21.9 Å². The smallest absolute Gasteiger partial charge is 0.303 e. The van der Waals surface area contributed by atoms with Gasteiger partial charge in [-0.2, -0.15) is 0 Å². The van der Waals surface area contributed by atoms with Crippen molar-refractivity contribution in [2.24, 2.45) is 0 Å². The van der Waals surface area contributed by atoms with Gasteiger partial charge in [-0.3, -0.25) is 9.55 Å². The number of H-pyrrole nitrogens is 1. The largest absolute Gasteiger partial charge is 0.327 e. The molecule has 102 valence electrons. The molecule has 0 radical (unpaired) electrons. The zero-order chi connectivity index (χ0) is 13.4. The Morgan fingerprint density at radius 2 is 2.42 bits per heavy atom. The van der Waals surface area contributed by atoms with E-state index in [1.165, 1.54) is 12.8 Å². The number of nitrogens with zero attached hydrogens (tertiary/aromatic N) is 3. The standard InChI is InChI=1S/C13H17ClN4O/c1-17-5-2-3-10(17)4-6-18-11-7-9(14)8-15-12(11)16-13(18)19/h7-8,10H,2-6H2,1H3,(H,15,16,19). The third-order valence-electron chi connectivity index (χ3n) is 3.95. The second-order valence-corrected chi connectivity index (χ2v) is 5.60. The van der Waals surface area contributed by atoms with Crippen molar-refractivity contribution in [1.82, 2.24) is 19.4 Å². The molecule has 6 heteroatoms. The van der Waals surface area contributed by atoms with Crippen LogP contribution in [0.3, 0.4) is 0 Å². The Morgan fingerprint density at radius 3 is 3.16 bits per heavy atom. The van der Waals surface area contributed by atoms with Crippen LogP contribution >= 0.6 is 11.6 Å². The maximum Gasteiger partial charge on any atom is 0.327 e. The highest BCUT2D eigenvalue weighted by Crippen LogP contribution is 2.19. The molecular weight excluding hydrogens is 264 g/mol. The van der Waals surface area contributed by atoms with Crippen molar-refractivity contribution >= 4 is 22.8 Å². The van der Waals surface area contributed by atoms with Crippen molar-refractivity contribution in [2.75, 3.05) is 13.6 Å². The summed E-state index contributed by atoms with van der Waals surface area (Å²) in [6, 6.07) is 2.36. The summed E-state index contributed by atoms with van der Waals surface area (Å²) in [4.78, 5) is 21.2. The molecule has 0 aliphatic carbocycles. The summed E-state index contributed by atoms with van der Waals surface area (Å²) in [5.41, 5.74) is 1.29. The van der Waals surface area contributed by atoms with Crippen LogP contribution in [0.2, 0.25) is 5.02 Å². The molecular formula is C13H17ClN4O. The highest BCUT2D eigenvalue weighted by molar-refractivity contribution is 6.31. The summed E-state index contributed by atoms with van der Waals surface area (Å²) in [6.45, 7) is 1.86. The van der Waals surface area contributed by atoms with Crippen LogP contribution in [-0.4, -0.2) is 39.1 Å². The van der Waals surface area contributed by atoms with Crippen LogP contribution < -0.4 is 5.69 Å². The van der Waals surface area contributed by atoms with Gasteiger partial charge in [0.2, 0.25) is 0 Å². The van der Waals surface area contributed by atoms with E-state index < -0.39 is 0 Å². The number of aryl methyl sites for hydroxylation is 1. The lowest BCUT2D eigenvalue weighted by Gasteiger charge is -2.19. The first-order chi connectivity index (χ1) is 9.15. The maximum absolute atomic E-state index is 11.9. The summed E-state index contributed by atoms with van der Waals surface area (Å²) in [7, 11) is 2.15. The van der Waals surface area contributed by atoms with Gasteiger partial charge in [0.1, 0.15) is 0 Å². The Kier molecular flexibility index (Phi) is 3.33. The molecule has 2 aromatic rings. The van der Waals surface area contributed by atoms with Crippen LogP contribution in [0.15, 0.2) is 17.1 Å². The van der Waals surface area contributed by atoms with Crippen molar-refractivity contribution < 1.29 is 0 Å². The van der Waals surface area contributed by atoms with E-state index in [-0.39, 0.29) is 5.69 Å². The van der Waals surface area contributed by atoms with Crippen LogP contribution in [0.1, 0.15) is 19.3 Å². The van der Waals surface area contributed by atoms with Gasteiger partial charge < -0.3 is 4.90 Å². The topological polar surface area (TPSA) is 53.9 Å². The lowest BCUT2D eigenvalue weighted by Crippen LogP contribution is -2.28. The van der Waals surface area contributed by atoms with Crippen LogP contribution in [-0.2, 0) is 6.54 Å². The first-order valence-corrected chi connectivity index (χ1v) is 6.97. The molecule has 0 saturated carbocycles. The quantitative estimate of drug-likeness (QED) is 0.934. The molecule has 3 rings (SSSR count). The molecule has 19 heavy (non-hydrogen) atoms. The fourth-order valence-electron chi connectivity index (χ4n) is 2.85. The number of rotatable bonds is 3. The Bertz CT molecular complexity index is 648. The second kappa shape index (κ2) is 4.98. The van der Waals surface area contributed by atoms with Gasteiger partial charge in [-0.25, -0.2) is 9.78 Å². The molecule has 1 saturated heterocycles. The highest BCUT2D eigenvalue weighted by Gasteiger charge is 2.21. The average molecular weight is 281 g/mol. The van der Waals surface area contributed by atoms with Crippen molar-refractivity contribution in [2.45, 2.75) is 31.8 Å². The molecule has 3 heterocycles. The van der Waals surface area contributed by atoms with Crippen LogP contribution in [0.25, 0.3) is 11.2 Å². The minimum absolute atomic E-state index is 0.106. The fraction of sp³-hybridized carbons (Fsp3) is 0.538. The number of aromatic nitrogens is 3. The predicted molar refractivity (Wildman–Crippen MR) is 75.6 cm³/mol. The van der Waals surface area contributed by atoms with Gasteiger partial charge in [-0.05, 0) is 38.9 Å². The summed E-state index contributed by atoms with van der Waals surface area (Å²) >= 11 is 5.95. The third kappa shape index (κ3) is 2.40. The molecule has 1 fully saturated rings. The molecule has 1 aliphatic rings. The number of aromatic amines is 1. The number of pyridine rings is 1. The fourth-order valence-corrected chi connectivity index (χ4v) is 3.01. The van der Waals surface area contributed by atoms with Crippen molar-refractivity contribution in [3.05, 3.63) is 27.8 Å². The summed E-state index contributed by atoms with van der Waals surface area (Å²) in [5, 5.41) is 0.554. The number of imidazole rings is 1. The molecule has 1 aliphatic heterocycles. The number of halogens is 1. The Balaban J connectivity index is 1.86. The van der Waals surface area contributed by atoms with E-state index in [0.717, 1.165) is 18.5 Å². The molecule has 1 N–H and O–H groups in total. The van der Waals surface area contributed by atoms with Crippen molar-refractivity contribution in [3.8, 4) is 0 Å². The van der Waals surface area contributed by atoms with Gasteiger partial charge >= 0.3 is 5.69 Å². The molecule has 0 amide bonds. The van der Waals surface area contributed by atoms with E-state index in [1.807, 2.05) is 0 Å². The van der Waals surface area contributed by atoms with Gasteiger partial charge in [0.25, 0.3) is 0 Å². The summed E-state index contributed by atoms with van der Waals surface area (Å²) in [5.74, 6) is 0. The number of hydrogen-bond acceptors (Lipinski definition) is 3. The zero-order valence-corrected chi connectivity index (χ0v) is 11.7. The normalized spacial score (nSPS) is 20.4. The summed E-state index contributed by atoms with van der Waals surface area (Å²) < 4.78 is 1.74. The minimum Gasteiger partial charge on any atom is -0.303 e. The number of likely N-dealkylation sites (tertiary alicyclic amines) is 1. The molecule has 0 spiro atoms. The number of hydrogen-bond donors (Lipinski definition) is 1. The molecule has 5 nitrogen and oxygen atoms in total. The van der Waals surface area contributed by atoms with Gasteiger partial charge in [-0.1, -0.05) is 11.6 Å². The lowest BCUT2D eigenvalue weighted by molar-refractivity contribution is 0.286. The first-order valence-electron chi connectivity index (χ1n) is 6.59. The number of nitrogens with one attached hydrogen (secondary N) is 1. The van der Waals surface area contributed by atoms with Crippen LogP contribution in [0, 0.1) is 0 Å². The van der Waals surface area contributed by atoms with Crippen molar-refractivity contribution in [3.63, 3.8) is 0 Å². The summed E-state index contributed by atoms with van der Waals surface area (Å²) in [6.07, 6.45) is 4.99. The van der Waals surface area contributed by atoms with Gasteiger partial charge in [0.05, 0.1) is 10.5 Å². The molecule has 1 atom stereocenters. The Hall–Kier alpha value is -1.33. The minimum atomic E-state index is -0.106. The van der Waals surface area contributed by atoms with E-state index >= 15 is 0 Å². The molecule has 0 aromatic carbocycles. The third-order valence-corrected chi connectivity index (χ3v) is 4.16. The monoisotopic (exact) mass is 280 g/mol. The number of fused-ring (bicyclic) bond motifs is 1. The van der Waals surface area contributed by atoms with Gasteiger partial charge in [0.15, 0.2) is 5.65 Å². The van der Waals surface area contributed by atoms with Crippen LogP contribution in [0.4, 0.5) is 0 Å². The lowest BCUT2D eigenvalue weighted by atomic mass is 10.1. The Morgan fingerprint density at radius 1 is 1.58 bits per heavy atom. The molecule has 2 aromatic heterocycles. The van der Waals surface area contributed by atoms with Gasteiger partial charge in [0, 0.05) is 18.8 Å². The van der Waals surface area contributed by atoms with E-state index in [4.69, 9.17) is 11.6 Å². The van der Waals surface area contributed by atoms with Crippen molar-refractivity contribution in [1.29, 1.82) is 0 Å².